The Kier molecular flexibility index (Phi) is 3.05. The van der Waals surface area contributed by atoms with Crippen molar-refractivity contribution in [3.05, 3.63) is 35.7 Å². The van der Waals surface area contributed by atoms with Crippen LogP contribution in [0.25, 0.3) is 11.1 Å². The first-order valence-corrected chi connectivity index (χ1v) is 5.28. The normalized spacial score (nSPS) is 11.6. The molecular formula is C12H10F3N3O. The lowest BCUT2D eigenvalue weighted by Gasteiger charge is -2.11. The van der Waals surface area contributed by atoms with Gasteiger partial charge in [-0.1, -0.05) is 0 Å². The van der Waals surface area contributed by atoms with Crippen molar-refractivity contribution in [2.45, 2.75) is 13.1 Å². The zero-order chi connectivity index (χ0) is 14.2. The number of hydrogen-bond acceptors (Lipinski definition) is 4. The summed E-state index contributed by atoms with van der Waals surface area (Å²) in [4.78, 5) is 7.58. The number of aryl methyl sites for hydroxylation is 1. The van der Waals surface area contributed by atoms with E-state index in [1.807, 2.05) is 0 Å². The van der Waals surface area contributed by atoms with Crippen LogP contribution in [0.3, 0.4) is 0 Å². The lowest BCUT2D eigenvalue weighted by atomic mass is 10.0. The van der Waals surface area contributed by atoms with Crippen molar-refractivity contribution >= 4 is 5.95 Å². The molecule has 1 aromatic heterocycles. The molecule has 4 nitrogen and oxygen atoms in total. The summed E-state index contributed by atoms with van der Waals surface area (Å²) in [5.41, 5.74) is 5.24. The number of nitrogens with two attached hydrogens (primary N) is 1. The molecule has 1 heterocycles. The summed E-state index contributed by atoms with van der Waals surface area (Å²) in [6.45, 7) is 1.58. The molecule has 0 aliphatic carbocycles. The molecule has 0 saturated heterocycles. The molecule has 0 saturated carbocycles. The smallest absolute Gasteiger partial charge is 0.416 e. The summed E-state index contributed by atoms with van der Waals surface area (Å²) in [6, 6.07) is 2.66. The lowest BCUT2D eigenvalue weighted by Crippen LogP contribution is -2.05. The third-order valence-corrected chi connectivity index (χ3v) is 2.61. The van der Waals surface area contributed by atoms with Gasteiger partial charge < -0.3 is 10.8 Å². The minimum Gasteiger partial charge on any atom is -0.507 e. The van der Waals surface area contributed by atoms with Crippen LogP contribution in [0.5, 0.6) is 5.75 Å². The van der Waals surface area contributed by atoms with Crippen molar-refractivity contribution in [1.82, 2.24) is 9.97 Å². The standard InChI is InChI=1S/C12H10F3N3O/c1-6-9(5-17-11(16)18-6)8-4-7(12(13,14)15)2-3-10(8)19/h2-5,19H,1H3,(H2,16,17,18). The average Bonchev–Trinajstić information content (AvgIpc) is 2.29. The number of alkyl halides is 3. The maximum atomic E-state index is 12.6. The number of halogens is 3. The first kappa shape index (κ1) is 13.1. The number of nitrogen functional groups attached to an aromatic ring is 1. The number of nitrogens with zero attached hydrogens (tertiary/aromatic N) is 2. The van der Waals surface area contributed by atoms with Gasteiger partial charge in [0.25, 0.3) is 0 Å². The average molecular weight is 269 g/mol. The molecule has 0 aliphatic rings. The molecule has 0 amide bonds. The summed E-state index contributed by atoms with van der Waals surface area (Å²) < 4.78 is 37.9. The van der Waals surface area contributed by atoms with Crippen LogP contribution in [-0.4, -0.2) is 15.1 Å². The molecule has 100 valence electrons. The van der Waals surface area contributed by atoms with E-state index >= 15 is 0 Å². The van der Waals surface area contributed by atoms with E-state index in [1.165, 1.54) is 6.20 Å². The quantitative estimate of drug-likeness (QED) is 0.835. The van der Waals surface area contributed by atoms with Crippen LogP contribution in [0.2, 0.25) is 0 Å². The van der Waals surface area contributed by atoms with E-state index in [9.17, 15) is 18.3 Å². The Labute approximate surface area is 106 Å². The maximum Gasteiger partial charge on any atom is 0.416 e. The van der Waals surface area contributed by atoms with Crippen LogP contribution in [0.15, 0.2) is 24.4 Å². The number of hydrogen-bond donors (Lipinski definition) is 2. The van der Waals surface area contributed by atoms with Crippen LogP contribution in [0, 0.1) is 6.92 Å². The lowest BCUT2D eigenvalue weighted by molar-refractivity contribution is -0.137. The molecule has 0 radical (unpaired) electrons. The highest BCUT2D eigenvalue weighted by Gasteiger charge is 2.31. The molecule has 19 heavy (non-hydrogen) atoms. The fourth-order valence-electron chi connectivity index (χ4n) is 1.68. The minimum absolute atomic E-state index is 0.0207. The van der Waals surface area contributed by atoms with Crippen LogP contribution in [-0.2, 0) is 6.18 Å². The van der Waals surface area contributed by atoms with Gasteiger partial charge in [0.05, 0.1) is 11.3 Å². The van der Waals surface area contributed by atoms with E-state index in [-0.39, 0.29) is 17.3 Å². The molecular weight excluding hydrogens is 259 g/mol. The Morgan fingerprint density at radius 2 is 1.89 bits per heavy atom. The van der Waals surface area contributed by atoms with Crippen molar-refractivity contribution in [3.8, 4) is 16.9 Å². The molecule has 0 bridgehead atoms. The minimum atomic E-state index is -4.48. The molecule has 0 unspecified atom stereocenters. The fraction of sp³-hybridized carbons (Fsp3) is 0.167. The second kappa shape index (κ2) is 4.42. The monoisotopic (exact) mass is 269 g/mol. The van der Waals surface area contributed by atoms with E-state index in [2.05, 4.69) is 9.97 Å². The Morgan fingerprint density at radius 1 is 1.21 bits per heavy atom. The van der Waals surface area contributed by atoms with E-state index in [1.54, 1.807) is 6.92 Å². The topological polar surface area (TPSA) is 72.0 Å². The molecule has 1 aromatic carbocycles. The van der Waals surface area contributed by atoms with Crippen LogP contribution < -0.4 is 5.73 Å². The first-order valence-electron chi connectivity index (χ1n) is 5.28. The van der Waals surface area contributed by atoms with Gasteiger partial charge in [0.15, 0.2) is 0 Å². The number of aromatic hydroxyl groups is 1. The van der Waals surface area contributed by atoms with Gasteiger partial charge in [-0.05, 0) is 25.1 Å². The number of phenolic OH excluding ortho intramolecular Hbond substituents is 1. The molecule has 7 heteroatoms. The van der Waals surface area contributed by atoms with Gasteiger partial charge in [-0.2, -0.15) is 13.2 Å². The fourth-order valence-corrected chi connectivity index (χ4v) is 1.68. The Bertz CT molecular complexity index is 626. The summed E-state index contributed by atoms with van der Waals surface area (Å²) in [5.74, 6) is -0.253. The van der Waals surface area contributed by atoms with Gasteiger partial charge in [-0.25, -0.2) is 9.97 Å². The van der Waals surface area contributed by atoms with Crippen molar-refractivity contribution in [2.75, 3.05) is 5.73 Å². The second-order valence-electron chi connectivity index (χ2n) is 3.96. The molecule has 2 aromatic rings. The highest BCUT2D eigenvalue weighted by atomic mass is 19.4. The highest BCUT2D eigenvalue weighted by Crippen LogP contribution is 2.37. The van der Waals surface area contributed by atoms with Crippen LogP contribution in [0.1, 0.15) is 11.3 Å². The van der Waals surface area contributed by atoms with Gasteiger partial charge in [-0.15, -0.1) is 0 Å². The molecule has 2 rings (SSSR count). The van der Waals surface area contributed by atoms with Gasteiger partial charge in [0.2, 0.25) is 5.95 Å². The van der Waals surface area contributed by atoms with E-state index in [0.29, 0.717) is 11.3 Å². The SMILES string of the molecule is Cc1nc(N)ncc1-c1cc(C(F)(F)F)ccc1O. The molecule has 0 aliphatic heterocycles. The second-order valence-corrected chi connectivity index (χ2v) is 3.96. The third kappa shape index (κ3) is 2.59. The predicted octanol–water partition coefficient (Wildman–Crippen LogP) is 2.76. The first-order chi connectivity index (χ1) is 8.79. The Morgan fingerprint density at radius 3 is 2.47 bits per heavy atom. The number of phenols is 1. The van der Waals surface area contributed by atoms with E-state index < -0.39 is 11.7 Å². The number of aromatic nitrogens is 2. The van der Waals surface area contributed by atoms with Gasteiger partial charge >= 0.3 is 6.18 Å². The molecule has 0 atom stereocenters. The molecule has 0 fully saturated rings. The van der Waals surface area contributed by atoms with Crippen molar-refractivity contribution in [1.29, 1.82) is 0 Å². The zero-order valence-corrected chi connectivity index (χ0v) is 9.86. The van der Waals surface area contributed by atoms with E-state index in [4.69, 9.17) is 5.73 Å². The summed E-state index contributed by atoms with van der Waals surface area (Å²) in [7, 11) is 0. The highest BCUT2D eigenvalue weighted by molar-refractivity contribution is 5.72. The molecule has 0 spiro atoms. The van der Waals surface area contributed by atoms with Gasteiger partial charge in [0.1, 0.15) is 5.75 Å². The van der Waals surface area contributed by atoms with Crippen molar-refractivity contribution in [2.24, 2.45) is 0 Å². The third-order valence-electron chi connectivity index (χ3n) is 2.61. The van der Waals surface area contributed by atoms with Gasteiger partial charge in [0, 0.05) is 17.3 Å². The number of anilines is 1. The summed E-state index contributed by atoms with van der Waals surface area (Å²) in [6.07, 6.45) is -3.20. The van der Waals surface area contributed by atoms with Crippen molar-refractivity contribution in [3.63, 3.8) is 0 Å². The zero-order valence-electron chi connectivity index (χ0n) is 9.86. The number of benzene rings is 1. The van der Waals surface area contributed by atoms with E-state index in [0.717, 1.165) is 18.2 Å². The van der Waals surface area contributed by atoms with Gasteiger partial charge in [-0.3, -0.25) is 0 Å². The largest absolute Gasteiger partial charge is 0.507 e. The van der Waals surface area contributed by atoms with Crippen LogP contribution >= 0.6 is 0 Å². The Balaban J connectivity index is 2.61. The predicted molar refractivity (Wildman–Crippen MR) is 63.3 cm³/mol. The molecule has 3 N–H and O–H groups in total. The number of rotatable bonds is 1. The van der Waals surface area contributed by atoms with Crippen molar-refractivity contribution < 1.29 is 18.3 Å². The Hall–Kier alpha value is -2.31. The van der Waals surface area contributed by atoms with Crippen LogP contribution in [0.4, 0.5) is 19.1 Å². The maximum absolute atomic E-state index is 12.6. The summed E-state index contributed by atoms with van der Waals surface area (Å²) in [5, 5.41) is 9.69. The summed E-state index contributed by atoms with van der Waals surface area (Å²) >= 11 is 0.